The van der Waals surface area contributed by atoms with E-state index in [-0.39, 0.29) is 0 Å². The maximum absolute atomic E-state index is 4.62. The second kappa shape index (κ2) is 6.09. The molecule has 0 saturated carbocycles. The summed E-state index contributed by atoms with van der Waals surface area (Å²) >= 11 is 0. The number of nitrogens with one attached hydrogen (secondary N) is 1. The van der Waals surface area contributed by atoms with Crippen LogP contribution in [0.4, 0.5) is 5.82 Å². The molecule has 2 aromatic rings. The van der Waals surface area contributed by atoms with Crippen molar-refractivity contribution in [2.24, 2.45) is 0 Å². The molecule has 0 aliphatic carbocycles. The summed E-state index contributed by atoms with van der Waals surface area (Å²) in [6, 6.07) is 12.8. The molecule has 3 rings (SSSR count). The van der Waals surface area contributed by atoms with Gasteiger partial charge in [0, 0.05) is 18.3 Å². The van der Waals surface area contributed by atoms with E-state index in [2.05, 4.69) is 40.6 Å². The number of benzene rings is 1. The Morgan fingerprint density at radius 1 is 1.10 bits per heavy atom. The number of anilines is 1. The fourth-order valence-corrected chi connectivity index (χ4v) is 2.72. The first kappa shape index (κ1) is 13.2. The molecule has 4 nitrogen and oxygen atoms in total. The lowest BCUT2D eigenvalue weighted by Crippen LogP contribution is -2.23. The number of para-hydroxylation sites is 1. The standard InChI is InChI=1S/C16H22N4/c1-19-11-5-6-14(9-12-19)17-16-10-13-20(18-16)15-7-3-2-4-8-15/h2-4,7-8,10,13-14H,5-6,9,11-12H2,1H3,(H,17,18). The van der Waals surface area contributed by atoms with Gasteiger partial charge < -0.3 is 10.2 Å². The van der Waals surface area contributed by atoms with E-state index in [1.54, 1.807) is 0 Å². The molecule has 1 N–H and O–H groups in total. The molecule has 1 fully saturated rings. The van der Waals surface area contributed by atoms with Crippen molar-refractivity contribution >= 4 is 5.82 Å². The Balaban J connectivity index is 1.65. The van der Waals surface area contributed by atoms with Crippen molar-refractivity contribution in [3.05, 3.63) is 42.6 Å². The molecule has 0 bridgehead atoms. The van der Waals surface area contributed by atoms with Gasteiger partial charge >= 0.3 is 0 Å². The molecular formula is C16H22N4. The van der Waals surface area contributed by atoms with Crippen LogP contribution in [0.2, 0.25) is 0 Å². The smallest absolute Gasteiger partial charge is 0.148 e. The molecule has 1 aromatic heterocycles. The van der Waals surface area contributed by atoms with Gasteiger partial charge in [-0.2, -0.15) is 5.10 Å². The van der Waals surface area contributed by atoms with Crippen LogP contribution in [0.25, 0.3) is 5.69 Å². The second-order valence-electron chi connectivity index (χ2n) is 5.56. The summed E-state index contributed by atoms with van der Waals surface area (Å²) in [7, 11) is 2.20. The fraction of sp³-hybridized carbons (Fsp3) is 0.438. The predicted octanol–water partition coefficient (Wildman–Crippen LogP) is 2.77. The van der Waals surface area contributed by atoms with E-state index in [1.807, 2.05) is 29.1 Å². The van der Waals surface area contributed by atoms with E-state index in [1.165, 1.54) is 25.8 Å². The normalized spacial score (nSPS) is 20.6. The molecule has 0 amide bonds. The zero-order valence-electron chi connectivity index (χ0n) is 12.0. The number of aromatic nitrogens is 2. The van der Waals surface area contributed by atoms with E-state index in [9.17, 15) is 0 Å². The third kappa shape index (κ3) is 3.20. The number of hydrogen-bond acceptors (Lipinski definition) is 3. The quantitative estimate of drug-likeness (QED) is 0.931. The van der Waals surface area contributed by atoms with Crippen LogP contribution in [-0.4, -0.2) is 40.9 Å². The van der Waals surface area contributed by atoms with E-state index < -0.39 is 0 Å². The topological polar surface area (TPSA) is 33.1 Å². The summed E-state index contributed by atoms with van der Waals surface area (Å²) < 4.78 is 1.92. The van der Waals surface area contributed by atoms with Gasteiger partial charge in [-0.25, -0.2) is 4.68 Å². The van der Waals surface area contributed by atoms with E-state index in [0.29, 0.717) is 6.04 Å². The van der Waals surface area contributed by atoms with E-state index in [4.69, 9.17) is 0 Å². The first-order valence-electron chi connectivity index (χ1n) is 7.37. The molecule has 1 aliphatic rings. The Morgan fingerprint density at radius 3 is 2.80 bits per heavy atom. The lowest BCUT2D eigenvalue weighted by atomic mass is 10.1. The molecule has 2 heterocycles. The minimum atomic E-state index is 0.541. The van der Waals surface area contributed by atoms with Crippen LogP contribution in [0.15, 0.2) is 42.6 Å². The first-order chi connectivity index (χ1) is 9.81. The van der Waals surface area contributed by atoms with Gasteiger partial charge in [0.2, 0.25) is 0 Å². The Hall–Kier alpha value is -1.81. The predicted molar refractivity (Wildman–Crippen MR) is 82.3 cm³/mol. The second-order valence-corrected chi connectivity index (χ2v) is 5.56. The van der Waals surface area contributed by atoms with Crippen LogP contribution in [-0.2, 0) is 0 Å². The van der Waals surface area contributed by atoms with Crippen LogP contribution in [0.5, 0.6) is 0 Å². The Labute approximate surface area is 120 Å². The van der Waals surface area contributed by atoms with E-state index >= 15 is 0 Å². The highest BCUT2D eigenvalue weighted by Gasteiger charge is 2.15. The number of likely N-dealkylation sites (tertiary alicyclic amines) is 1. The minimum Gasteiger partial charge on any atom is -0.366 e. The summed E-state index contributed by atoms with van der Waals surface area (Å²) in [4.78, 5) is 2.41. The molecule has 0 radical (unpaired) electrons. The number of nitrogens with zero attached hydrogens (tertiary/aromatic N) is 3. The van der Waals surface area contributed by atoms with Crippen LogP contribution < -0.4 is 5.32 Å². The van der Waals surface area contributed by atoms with Gasteiger partial charge in [-0.1, -0.05) is 18.2 Å². The molecule has 1 aromatic carbocycles. The SMILES string of the molecule is CN1CCCC(Nc2ccn(-c3ccccc3)n2)CC1. The van der Waals surface area contributed by atoms with Gasteiger partial charge in [-0.3, -0.25) is 0 Å². The van der Waals surface area contributed by atoms with Gasteiger partial charge in [0.1, 0.15) is 5.82 Å². The summed E-state index contributed by atoms with van der Waals surface area (Å²) in [5, 5.41) is 8.19. The molecule has 106 valence electrons. The van der Waals surface area contributed by atoms with Crippen LogP contribution in [0.1, 0.15) is 19.3 Å². The summed E-state index contributed by atoms with van der Waals surface area (Å²) in [6.07, 6.45) is 5.69. The maximum Gasteiger partial charge on any atom is 0.148 e. The van der Waals surface area contributed by atoms with Crippen LogP contribution in [0, 0.1) is 0 Å². The van der Waals surface area contributed by atoms with Crippen LogP contribution in [0.3, 0.4) is 0 Å². The largest absolute Gasteiger partial charge is 0.366 e. The first-order valence-corrected chi connectivity index (χ1v) is 7.37. The van der Waals surface area contributed by atoms with Crippen molar-refractivity contribution in [2.75, 3.05) is 25.5 Å². The van der Waals surface area contributed by atoms with Crippen molar-refractivity contribution < 1.29 is 0 Å². The Bertz CT molecular complexity index is 534. The molecule has 1 atom stereocenters. The van der Waals surface area contributed by atoms with Gasteiger partial charge in [0.25, 0.3) is 0 Å². The third-order valence-corrected chi connectivity index (χ3v) is 3.91. The third-order valence-electron chi connectivity index (χ3n) is 3.91. The highest BCUT2D eigenvalue weighted by Crippen LogP contribution is 2.16. The van der Waals surface area contributed by atoms with Crippen LogP contribution >= 0.6 is 0 Å². The highest BCUT2D eigenvalue weighted by molar-refractivity contribution is 5.38. The Kier molecular flexibility index (Phi) is 4.02. The molecule has 0 spiro atoms. The summed E-state index contributed by atoms with van der Waals surface area (Å²) in [6.45, 7) is 2.37. The van der Waals surface area contributed by atoms with Crippen molar-refractivity contribution in [3.8, 4) is 5.69 Å². The maximum atomic E-state index is 4.62. The zero-order valence-corrected chi connectivity index (χ0v) is 12.0. The zero-order chi connectivity index (χ0) is 13.8. The van der Waals surface area contributed by atoms with Crippen molar-refractivity contribution in [1.82, 2.24) is 14.7 Å². The lowest BCUT2D eigenvalue weighted by Gasteiger charge is -2.16. The molecular weight excluding hydrogens is 248 g/mol. The molecule has 4 heteroatoms. The average molecular weight is 270 g/mol. The summed E-state index contributed by atoms with van der Waals surface area (Å²) in [5.41, 5.74) is 1.10. The van der Waals surface area contributed by atoms with Crippen molar-refractivity contribution in [1.29, 1.82) is 0 Å². The highest BCUT2D eigenvalue weighted by atomic mass is 15.3. The molecule has 1 saturated heterocycles. The average Bonchev–Trinajstić information content (AvgIpc) is 2.84. The molecule has 1 aliphatic heterocycles. The fourth-order valence-electron chi connectivity index (χ4n) is 2.72. The van der Waals surface area contributed by atoms with Crippen molar-refractivity contribution in [3.63, 3.8) is 0 Å². The monoisotopic (exact) mass is 270 g/mol. The Morgan fingerprint density at radius 2 is 1.95 bits per heavy atom. The molecule has 1 unspecified atom stereocenters. The van der Waals surface area contributed by atoms with E-state index in [0.717, 1.165) is 18.1 Å². The lowest BCUT2D eigenvalue weighted by molar-refractivity contribution is 0.348. The number of rotatable bonds is 3. The van der Waals surface area contributed by atoms with Gasteiger partial charge in [-0.15, -0.1) is 0 Å². The van der Waals surface area contributed by atoms with Gasteiger partial charge in [-0.05, 0) is 51.5 Å². The number of hydrogen-bond donors (Lipinski definition) is 1. The van der Waals surface area contributed by atoms with Gasteiger partial charge in [0.05, 0.1) is 5.69 Å². The minimum absolute atomic E-state index is 0.541. The van der Waals surface area contributed by atoms with Crippen molar-refractivity contribution in [2.45, 2.75) is 25.3 Å². The van der Waals surface area contributed by atoms with Gasteiger partial charge in [0.15, 0.2) is 0 Å². The summed E-state index contributed by atoms with van der Waals surface area (Å²) in [5.74, 6) is 0.975. The molecule has 20 heavy (non-hydrogen) atoms.